The molecule has 28 heavy (non-hydrogen) atoms. The normalized spacial score (nSPS) is 17.2. The number of hydrogen-bond donors (Lipinski definition) is 1. The maximum absolute atomic E-state index is 4.88. The van der Waals surface area contributed by atoms with E-state index < -0.39 is 0 Å². The van der Waals surface area contributed by atoms with E-state index in [1.54, 1.807) is 0 Å². The lowest BCUT2D eigenvalue weighted by molar-refractivity contribution is 0.339. The van der Waals surface area contributed by atoms with Crippen LogP contribution in [0.25, 0.3) is 11.3 Å². The zero-order valence-corrected chi connectivity index (χ0v) is 16.6. The molecule has 0 radical (unpaired) electrons. The Bertz CT molecular complexity index is 859. The molecule has 5 heteroatoms. The molecule has 1 fully saturated rings. The van der Waals surface area contributed by atoms with E-state index in [0.717, 1.165) is 43.4 Å². The summed E-state index contributed by atoms with van der Waals surface area (Å²) < 4.78 is 2.04. The van der Waals surface area contributed by atoms with Gasteiger partial charge in [-0.25, -0.2) is 0 Å². The summed E-state index contributed by atoms with van der Waals surface area (Å²) in [6, 6.07) is 14.5. The molecule has 146 valence electrons. The van der Waals surface area contributed by atoms with Gasteiger partial charge in [-0.1, -0.05) is 37.3 Å². The van der Waals surface area contributed by atoms with E-state index in [2.05, 4.69) is 58.7 Å². The van der Waals surface area contributed by atoms with Gasteiger partial charge >= 0.3 is 0 Å². The molecule has 5 nitrogen and oxygen atoms in total. The van der Waals surface area contributed by atoms with Gasteiger partial charge in [-0.15, -0.1) is 0 Å². The highest BCUT2D eigenvalue weighted by Gasteiger charge is 2.21. The Hall–Kier alpha value is -2.50. The Morgan fingerprint density at radius 1 is 1.14 bits per heavy atom. The van der Waals surface area contributed by atoms with Crippen LogP contribution >= 0.6 is 0 Å². The maximum Gasteiger partial charge on any atom is 0.0983 e. The average molecular weight is 376 g/mol. The van der Waals surface area contributed by atoms with Crippen LogP contribution in [0.3, 0.4) is 0 Å². The van der Waals surface area contributed by atoms with Crippen molar-refractivity contribution < 1.29 is 0 Å². The van der Waals surface area contributed by atoms with Crippen molar-refractivity contribution in [3.05, 3.63) is 72.2 Å². The minimum Gasteiger partial charge on any atom is -0.312 e. The number of hydrogen-bond acceptors (Lipinski definition) is 4. The van der Waals surface area contributed by atoms with Crippen LogP contribution in [0.15, 0.2) is 61.1 Å². The highest BCUT2D eigenvalue weighted by Crippen LogP contribution is 2.22. The van der Waals surface area contributed by atoms with Crippen LogP contribution in [-0.4, -0.2) is 45.8 Å². The summed E-state index contributed by atoms with van der Waals surface area (Å²) in [4.78, 5) is 6.81. The molecule has 0 saturated carbocycles. The Labute approximate surface area is 167 Å². The summed E-state index contributed by atoms with van der Waals surface area (Å²) in [5.74, 6) is 0.751. The van der Waals surface area contributed by atoms with E-state index in [9.17, 15) is 0 Å². The first-order valence-corrected chi connectivity index (χ1v) is 10.3. The zero-order valence-electron chi connectivity index (χ0n) is 16.6. The molecule has 3 aromatic rings. The molecular weight excluding hydrogens is 346 g/mol. The van der Waals surface area contributed by atoms with Gasteiger partial charge in [0.25, 0.3) is 0 Å². The molecule has 1 atom stereocenters. The van der Waals surface area contributed by atoms with Gasteiger partial charge in [0.1, 0.15) is 0 Å². The molecule has 1 saturated heterocycles. The van der Waals surface area contributed by atoms with Crippen LogP contribution in [-0.2, 0) is 13.1 Å². The Balaban J connectivity index is 1.46. The number of likely N-dealkylation sites (tertiary alicyclic amines) is 1. The lowest BCUT2D eigenvalue weighted by atomic mass is 10.1. The second kappa shape index (κ2) is 9.13. The second-order valence-electron chi connectivity index (χ2n) is 7.61. The standard InChI is InChI=1S/C23H29N5/c1-2-27-12-10-20(16-27)13-25-15-22-18-28(17-19-7-4-3-5-8-19)26-23(22)21-9-6-11-24-14-21/h3-9,11,14,18,20,25H,2,10,12-13,15-17H2,1H3. The van der Waals surface area contributed by atoms with Gasteiger partial charge in [-0.05, 0) is 49.7 Å². The van der Waals surface area contributed by atoms with E-state index in [4.69, 9.17) is 5.10 Å². The van der Waals surface area contributed by atoms with Crippen molar-refractivity contribution in [2.75, 3.05) is 26.2 Å². The van der Waals surface area contributed by atoms with Crippen molar-refractivity contribution in [1.29, 1.82) is 0 Å². The third-order valence-corrected chi connectivity index (χ3v) is 5.53. The zero-order chi connectivity index (χ0) is 19.2. The van der Waals surface area contributed by atoms with Gasteiger partial charge in [0.05, 0.1) is 12.2 Å². The number of aromatic nitrogens is 3. The third kappa shape index (κ3) is 4.66. The number of pyridine rings is 1. The van der Waals surface area contributed by atoms with E-state index in [0.29, 0.717) is 0 Å². The van der Waals surface area contributed by atoms with Gasteiger partial charge in [0.2, 0.25) is 0 Å². The summed E-state index contributed by atoms with van der Waals surface area (Å²) in [5.41, 5.74) is 4.59. The summed E-state index contributed by atoms with van der Waals surface area (Å²) in [6.45, 7) is 8.53. The molecule has 1 aliphatic rings. The van der Waals surface area contributed by atoms with E-state index in [1.807, 2.05) is 29.2 Å². The van der Waals surface area contributed by atoms with Gasteiger partial charge < -0.3 is 10.2 Å². The molecule has 1 N–H and O–H groups in total. The topological polar surface area (TPSA) is 46.0 Å². The fourth-order valence-corrected chi connectivity index (χ4v) is 3.97. The SMILES string of the molecule is CCN1CCC(CNCc2cn(Cc3ccccc3)nc2-c2cccnc2)C1. The van der Waals surface area contributed by atoms with E-state index in [-0.39, 0.29) is 0 Å². The van der Waals surface area contributed by atoms with Crippen LogP contribution in [0.5, 0.6) is 0 Å². The Morgan fingerprint density at radius 3 is 2.79 bits per heavy atom. The van der Waals surface area contributed by atoms with E-state index in [1.165, 1.54) is 30.6 Å². The van der Waals surface area contributed by atoms with Crippen molar-refractivity contribution in [2.24, 2.45) is 5.92 Å². The van der Waals surface area contributed by atoms with Crippen LogP contribution in [0.1, 0.15) is 24.5 Å². The first-order chi connectivity index (χ1) is 13.8. The minimum atomic E-state index is 0.751. The van der Waals surface area contributed by atoms with E-state index >= 15 is 0 Å². The summed E-state index contributed by atoms with van der Waals surface area (Å²) in [6.07, 6.45) is 7.18. The first kappa shape index (κ1) is 18.8. The Kier molecular flexibility index (Phi) is 6.14. The molecule has 0 bridgehead atoms. The van der Waals surface area contributed by atoms with Crippen molar-refractivity contribution in [3.8, 4) is 11.3 Å². The molecule has 0 amide bonds. The molecule has 0 aliphatic carbocycles. The monoisotopic (exact) mass is 375 g/mol. The van der Waals surface area contributed by atoms with Gasteiger partial charge in [0, 0.05) is 42.8 Å². The molecular formula is C23H29N5. The van der Waals surface area contributed by atoms with Crippen molar-refractivity contribution in [2.45, 2.75) is 26.4 Å². The fraction of sp³-hybridized carbons (Fsp3) is 0.391. The van der Waals surface area contributed by atoms with Crippen LogP contribution in [0.4, 0.5) is 0 Å². The summed E-state index contributed by atoms with van der Waals surface area (Å²) >= 11 is 0. The van der Waals surface area contributed by atoms with Crippen LogP contribution < -0.4 is 5.32 Å². The number of rotatable bonds is 8. The molecule has 4 rings (SSSR count). The molecule has 1 unspecified atom stereocenters. The predicted octanol–water partition coefficient (Wildman–Crippen LogP) is 3.42. The smallest absolute Gasteiger partial charge is 0.0983 e. The number of nitrogens with zero attached hydrogens (tertiary/aromatic N) is 4. The number of benzene rings is 1. The molecule has 3 heterocycles. The van der Waals surface area contributed by atoms with Crippen molar-refractivity contribution >= 4 is 0 Å². The van der Waals surface area contributed by atoms with Gasteiger partial charge in [-0.2, -0.15) is 5.10 Å². The van der Waals surface area contributed by atoms with Crippen molar-refractivity contribution in [1.82, 2.24) is 25.0 Å². The lowest BCUT2D eigenvalue weighted by Gasteiger charge is -2.13. The first-order valence-electron chi connectivity index (χ1n) is 10.3. The van der Waals surface area contributed by atoms with Crippen LogP contribution in [0, 0.1) is 5.92 Å². The summed E-state index contributed by atoms with van der Waals surface area (Å²) in [5, 5.41) is 8.56. The predicted molar refractivity (Wildman–Crippen MR) is 113 cm³/mol. The highest BCUT2D eigenvalue weighted by atomic mass is 15.3. The largest absolute Gasteiger partial charge is 0.312 e. The van der Waals surface area contributed by atoms with Gasteiger partial charge in [0.15, 0.2) is 0 Å². The lowest BCUT2D eigenvalue weighted by Crippen LogP contribution is -2.26. The quantitative estimate of drug-likeness (QED) is 0.655. The highest BCUT2D eigenvalue weighted by molar-refractivity contribution is 5.61. The van der Waals surface area contributed by atoms with Gasteiger partial charge in [-0.3, -0.25) is 9.67 Å². The third-order valence-electron chi connectivity index (χ3n) is 5.53. The second-order valence-corrected chi connectivity index (χ2v) is 7.61. The fourth-order valence-electron chi connectivity index (χ4n) is 3.97. The molecule has 0 spiro atoms. The molecule has 1 aromatic carbocycles. The summed E-state index contributed by atoms with van der Waals surface area (Å²) in [7, 11) is 0. The minimum absolute atomic E-state index is 0.751. The average Bonchev–Trinajstić information content (AvgIpc) is 3.36. The maximum atomic E-state index is 4.88. The molecule has 1 aliphatic heterocycles. The number of nitrogens with one attached hydrogen (secondary N) is 1. The van der Waals surface area contributed by atoms with Crippen molar-refractivity contribution in [3.63, 3.8) is 0 Å². The Morgan fingerprint density at radius 2 is 2.04 bits per heavy atom. The van der Waals surface area contributed by atoms with Crippen LogP contribution in [0.2, 0.25) is 0 Å². The molecule has 2 aromatic heterocycles.